The minimum absolute atomic E-state index is 0.0270. The fourth-order valence-corrected chi connectivity index (χ4v) is 1.60. The number of carbonyl (C=O) groups excluding carboxylic acids is 1. The highest BCUT2D eigenvalue weighted by Crippen LogP contribution is 2.20. The standard InChI is InChI=1S/C12H19ClN4O2/c1-8-9(2)12(17-16-11(8)13)15-5-4-10(18)14-6-7-19-3/h4-7H2,1-3H3,(H,14,18)(H,15,17). The molecule has 0 fully saturated rings. The second-order valence-electron chi connectivity index (χ2n) is 4.11. The van der Waals surface area contributed by atoms with Gasteiger partial charge >= 0.3 is 0 Å². The van der Waals surface area contributed by atoms with Crippen molar-refractivity contribution in [1.82, 2.24) is 15.5 Å². The van der Waals surface area contributed by atoms with Crippen LogP contribution >= 0.6 is 11.6 Å². The van der Waals surface area contributed by atoms with Crippen LogP contribution in [0.5, 0.6) is 0 Å². The van der Waals surface area contributed by atoms with Crippen molar-refractivity contribution in [2.75, 3.05) is 32.1 Å². The summed E-state index contributed by atoms with van der Waals surface area (Å²) in [6.45, 7) is 5.33. The van der Waals surface area contributed by atoms with Gasteiger partial charge in [0.25, 0.3) is 0 Å². The maximum Gasteiger partial charge on any atom is 0.221 e. The van der Waals surface area contributed by atoms with Crippen molar-refractivity contribution < 1.29 is 9.53 Å². The van der Waals surface area contributed by atoms with Gasteiger partial charge in [-0.25, -0.2) is 0 Å². The summed E-state index contributed by atoms with van der Waals surface area (Å²) >= 11 is 5.86. The lowest BCUT2D eigenvalue weighted by molar-refractivity contribution is -0.121. The van der Waals surface area contributed by atoms with Crippen LogP contribution in [-0.2, 0) is 9.53 Å². The number of nitrogens with zero attached hydrogens (tertiary/aromatic N) is 2. The minimum atomic E-state index is -0.0270. The van der Waals surface area contributed by atoms with Crippen LogP contribution in [0.2, 0.25) is 5.15 Å². The lowest BCUT2D eigenvalue weighted by atomic mass is 10.2. The van der Waals surface area contributed by atoms with Gasteiger partial charge < -0.3 is 15.4 Å². The number of hydrogen-bond acceptors (Lipinski definition) is 5. The first-order valence-electron chi connectivity index (χ1n) is 6.05. The molecular formula is C12H19ClN4O2. The van der Waals surface area contributed by atoms with E-state index in [2.05, 4.69) is 20.8 Å². The van der Waals surface area contributed by atoms with Gasteiger partial charge in [-0.2, -0.15) is 0 Å². The highest BCUT2D eigenvalue weighted by Gasteiger charge is 2.08. The molecule has 19 heavy (non-hydrogen) atoms. The van der Waals surface area contributed by atoms with Gasteiger partial charge in [0, 0.05) is 26.6 Å². The topological polar surface area (TPSA) is 76.1 Å². The summed E-state index contributed by atoms with van der Waals surface area (Å²) in [5.41, 5.74) is 1.84. The number of rotatable bonds is 7. The summed E-state index contributed by atoms with van der Waals surface area (Å²) in [6.07, 6.45) is 0.368. The van der Waals surface area contributed by atoms with E-state index in [-0.39, 0.29) is 5.91 Å². The highest BCUT2D eigenvalue weighted by molar-refractivity contribution is 6.30. The second-order valence-corrected chi connectivity index (χ2v) is 4.47. The van der Waals surface area contributed by atoms with Crippen LogP contribution in [0.4, 0.5) is 5.82 Å². The number of amides is 1. The summed E-state index contributed by atoms with van der Waals surface area (Å²) in [5, 5.41) is 14.0. The lowest BCUT2D eigenvalue weighted by Crippen LogP contribution is -2.28. The maximum absolute atomic E-state index is 11.5. The van der Waals surface area contributed by atoms with E-state index in [0.717, 1.165) is 11.1 Å². The molecule has 0 bridgehead atoms. The molecule has 6 nitrogen and oxygen atoms in total. The molecule has 1 aromatic rings. The average molecular weight is 287 g/mol. The van der Waals surface area contributed by atoms with Crippen molar-refractivity contribution in [1.29, 1.82) is 0 Å². The number of methoxy groups -OCH3 is 1. The monoisotopic (exact) mass is 286 g/mol. The van der Waals surface area contributed by atoms with E-state index >= 15 is 0 Å². The van der Waals surface area contributed by atoms with E-state index in [1.54, 1.807) is 7.11 Å². The number of anilines is 1. The third-order valence-electron chi connectivity index (χ3n) is 2.74. The molecule has 0 aliphatic heterocycles. The molecule has 1 rings (SSSR count). The minimum Gasteiger partial charge on any atom is -0.383 e. The van der Waals surface area contributed by atoms with Crippen LogP contribution in [0.3, 0.4) is 0 Å². The van der Waals surface area contributed by atoms with Gasteiger partial charge in [0.05, 0.1) is 6.61 Å². The molecule has 106 valence electrons. The van der Waals surface area contributed by atoms with Crippen LogP contribution < -0.4 is 10.6 Å². The Kier molecular flexibility index (Phi) is 6.52. The Balaban J connectivity index is 2.37. The van der Waals surface area contributed by atoms with Crippen molar-refractivity contribution in [3.05, 3.63) is 16.3 Å². The van der Waals surface area contributed by atoms with E-state index < -0.39 is 0 Å². The van der Waals surface area contributed by atoms with Gasteiger partial charge in [-0.15, -0.1) is 10.2 Å². The first-order chi connectivity index (χ1) is 9.06. The van der Waals surface area contributed by atoms with Gasteiger partial charge in [-0.05, 0) is 25.0 Å². The highest BCUT2D eigenvalue weighted by atomic mass is 35.5. The zero-order chi connectivity index (χ0) is 14.3. The molecule has 2 N–H and O–H groups in total. The van der Waals surface area contributed by atoms with Crippen LogP contribution in [0.1, 0.15) is 17.5 Å². The van der Waals surface area contributed by atoms with Crippen molar-refractivity contribution in [3.8, 4) is 0 Å². The molecule has 0 atom stereocenters. The van der Waals surface area contributed by atoms with E-state index in [0.29, 0.717) is 37.1 Å². The summed E-state index contributed by atoms with van der Waals surface area (Å²) in [5.74, 6) is 0.632. The SMILES string of the molecule is COCCNC(=O)CCNc1nnc(Cl)c(C)c1C. The Morgan fingerprint density at radius 3 is 2.68 bits per heavy atom. The lowest BCUT2D eigenvalue weighted by Gasteiger charge is -2.10. The van der Waals surface area contributed by atoms with Gasteiger partial charge in [-0.3, -0.25) is 4.79 Å². The third kappa shape index (κ3) is 5.00. The van der Waals surface area contributed by atoms with E-state index in [4.69, 9.17) is 16.3 Å². The van der Waals surface area contributed by atoms with E-state index in [1.165, 1.54) is 0 Å². The van der Waals surface area contributed by atoms with E-state index in [1.807, 2.05) is 13.8 Å². The molecule has 0 saturated carbocycles. The number of ether oxygens (including phenoxy) is 1. The molecule has 0 aliphatic rings. The van der Waals surface area contributed by atoms with Crippen LogP contribution in [-0.4, -0.2) is 42.9 Å². The fourth-order valence-electron chi connectivity index (χ4n) is 1.42. The normalized spacial score (nSPS) is 10.3. The van der Waals surface area contributed by atoms with Gasteiger partial charge in [0.15, 0.2) is 11.0 Å². The molecule has 0 radical (unpaired) electrons. The van der Waals surface area contributed by atoms with E-state index in [9.17, 15) is 4.79 Å². The molecule has 1 heterocycles. The van der Waals surface area contributed by atoms with Crippen molar-refractivity contribution in [2.24, 2.45) is 0 Å². The molecule has 0 aromatic carbocycles. The second kappa shape index (κ2) is 7.91. The molecular weight excluding hydrogens is 268 g/mol. The van der Waals surface area contributed by atoms with Crippen molar-refractivity contribution >= 4 is 23.3 Å². The number of aromatic nitrogens is 2. The smallest absolute Gasteiger partial charge is 0.221 e. The van der Waals surface area contributed by atoms with Crippen molar-refractivity contribution in [3.63, 3.8) is 0 Å². The fraction of sp³-hybridized carbons (Fsp3) is 0.583. The number of halogens is 1. The quantitative estimate of drug-likeness (QED) is 0.739. The Labute approximate surface area is 117 Å². The predicted molar refractivity (Wildman–Crippen MR) is 74.5 cm³/mol. The number of hydrogen-bond donors (Lipinski definition) is 2. The molecule has 7 heteroatoms. The Morgan fingerprint density at radius 1 is 1.26 bits per heavy atom. The van der Waals surface area contributed by atoms with Crippen LogP contribution in [0, 0.1) is 13.8 Å². The molecule has 0 unspecified atom stereocenters. The molecule has 0 aliphatic carbocycles. The summed E-state index contributed by atoms with van der Waals surface area (Å²) < 4.78 is 4.85. The molecule has 1 amide bonds. The van der Waals surface area contributed by atoms with Crippen LogP contribution in [0.15, 0.2) is 0 Å². The maximum atomic E-state index is 11.5. The largest absolute Gasteiger partial charge is 0.383 e. The first kappa shape index (κ1) is 15.7. The van der Waals surface area contributed by atoms with Crippen molar-refractivity contribution in [2.45, 2.75) is 20.3 Å². The van der Waals surface area contributed by atoms with Gasteiger partial charge in [0.2, 0.25) is 5.91 Å². The Hall–Kier alpha value is -1.40. The molecule has 0 saturated heterocycles. The number of nitrogens with one attached hydrogen (secondary N) is 2. The Bertz CT molecular complexity index is 440. The van der Waals surface area contributed by atoms with Gasteiger partial charge in [0.1, 0.15) is 0 Å². The number of carbonyl (C=O) groups is 1. The van der Waals surface area contributed by atoms with Crippen LogP contribution in [0.25, 0.3) is 0 Å². The third-order valence-corrected chi connectivity index (χ3v) is 3.10. The zero-order valence-electron chi connectivity index (χ0n) is 11.4. The Morgan fingerprint density at radius 2 is 2.00 bits per heavy atom. The summed E-state index contributed by atoms with van der Waals surface area (Å²) in [7, 11) is 1.60. The summed E-state index contributed by atoms with van der Waals surface area (Å²) in [6, 6.07) is 0. The zero-order valence-corrected chi connectivity index (χ0v) is 12.2. The first-order valence-corrected chi connectivity index (χ1v) is 6.43. The predicted octanol–water partition coefficient (Wildman–Crippen LogP) is 1.31. The average Bonchev–Trinajstić information content (AvgIpc) is 2.39. The molecule has 1 aromatic heterocycles. The summed E-state index contributed by atoms with van der Waals surface area (Å²) in [4.78, 5) is 11.5. The van der Waals surface area contributed by atoms with Gasteiger partial charge in [-0.1, -0.05) is 11.6 Å². The molecule has 0 spiro atoms.